The van der Waals surface area contributed by atoms with Crippen LogP contribution in [0, 0.1) is 23.0 Å². The Hall–Kier alpha value is -1.62. The molecule has 0 bridgehead atoms. The van der Waals surface area contributed by atoms with Crippen molar-refractivity contribution in [3.05, 3.63) is 33.9 Å². The van der Waals surface area contributed by atoms with Crippen LogP contribution in [0.25, 0.3) is 0 Å². The zero-order chi connectivity index (χ0) is 14.5. The Morgan fingerprint density at radius 1 is 1.40 bits per heavy atom. The predicted molar refractivity (Wildman–Crippen MR) is 80.9 cm³/mol. The van der Waals surface area contributed by atoms with E-state index in [0.717, 1.165) is 11.3 Å². The molecule has 0 heterocycles. The van der Waals surface area contributed by atoms with Gasteiger partial charge in [0.15, 0.2) is 0 Å². The number of hydrogen-bond acceptors (Lipinski definition) is 4. The summed E-state index contributed by atoms with van der Waals surface area (Å²) >= 11 is 0. The summed E-state index contributed by atoms with van der Waals surface area (Å²) in [5.41, 5.74) is 7.88. The fourth-order valence-corrected chi connectivity index (χ4v) is 2.98. The van der Waals surface area contributed by atoms with Gasteiger partial charge < -0.3 is 11.1 Å². The minimum absolute atomic E-state index is 0.123. The summed E-state index contributed by atoms with van der Waals surface area (Å²) in [4.78, 5) is 10.5. The highest BCUT2D eigenvalue weighted by Crippen LogP contribution is 2.29. The molecule has 0 aliphatic heterocycles. The number of aryl methyl sites for hydroxylation is 1. The van der Waals surface area contributed by atoms with Gasteiger partial charge in [-0.1, -0.05) is 25.3 Å². The van der Waals surface area contributed by atoms with Crippen LogP contribution in [-0.2, 0) is 0 Å². The zero-order valence-corrected chi connectivity index (χ0v) is 12.0. The number of benzene rings is 1. The topological polar surface area (TPSA) is 81.2 Å². The highest BCUT2D eigenvalue weighted by atomic mass is 16.6. The molecule has 5 heteroatoms. The van der Waals surface area contributed by atoms with E-state index in [1.54, 1.807) is 18.2 Å². The maximum absolute atomic E-state index is 10.9. The van der Waals surface area contributed by atoms with Gasteiger partial charge in [0, 0.05) is 30.4 Å². The fraction of sp³-hybridized carbons (Fsp3) is 0.600. The average molecular weight is 277 g/mol. The van der Waals surface area contributed by atoms with Crippen LogP contribution in [0.2, 0.25) is 0 Å². The van der Waals surface area contributed by atoms with Crippen molar-refractivity contribution in [1.82, 2.24) is 0 Å². The number of rotatable bonds is 5. The number of nitro benzene ring substituents is 1. The Morgan fingerprint density at radius 2 is 2.10 bits per heavy atom. The first kappa shape index (κ1) is 14.8. The van der Waals surface area contributed by atoms with Crippen molar-refractivity contribution >= 4 is 11.4 Å². The molecular weight excluding hydrogens is 254 g/mol. The van der Waals surface area contributed by atoms with Crippen LogP contribution >= 0.6 is 0 Å². The summed E-state index contributed by atoms with van der Waals surface area (Å²) in [7, 11) is 0. The summed E-state index contributed by atoms with van der Waals surface area (Å²) in [5.74, 6) is 0.576. The molecule has 1 unspecified atom stereocenters. The molecule has 1 aliphatic carbocycles. The smallest absolute Gasteiger partial charge is 0.271 e. The first-order valence-electron chi connectivity index (χ1n) is 7.33. The maximum Gasteiger partial charge on any atom is 0.271 e. The monoisotopic (exact) mass is 277 g/mol. The summed E-state index contributed by atoms with van der Waals surface area (Å²) in [5, 5.41) is 14.3. The van der Waals surface area contributed by atoms with Gasteiger partial charge in [0.2, 0.25) is 0 Å². The molecule has 0 radical (unpaired) electrons. The molecular formula is C15H23N3O2. The highest BCUT2D eigenvalue weighted by molar-refractivity contribution is 5.57. The van der Waals surface area contributed by atoms with Gasteiger partial charge in [-0.25, -0.2) is 0 Å². The number of nitro groups is 1. The van der Waals surface area contributed by atoms with Gasteiger partial charge >= 0.3 is 0 Å². The fourth-order valence-electron chi connectivity index (χ4n) is 2.98. The van der Waals surface area contributed by atoms with E-state index < -0.39 is 0 Å². The second-order valence-corrected chi connectivity index (χ2v) is 5.64. The van der Waals surface area contributed by atoms with Crippen molar-refractivity contribution in [2.24, 2.45) is 11.7 Å². The Labute approximate surface area is 119 Å². The van der Waals surface area contributed by atoms with Crippen LogP contribution in [-0.4, -0.2) is 17.5 Å². The molecule has 1 aromatic carbocycles. The lowest BCUT2D eigenvalue weighted by Crippen LogP contribution is -2.37. The summed E-state index contributed by atoms with van der Waals surface area (Å²) in [6.45, 7) is 2.52. The molecule has 1 aromatic rings. The van der Waals surface area contributed by atoms with E-state index in [2.05, 4.69) is 5.32 Å². The summed E-state index contributed by atoms with van der Waals surface area (Å²) < 4.78 is 0. The van der Waals surface area contributed by atoms with Gasteiger partial charge in [0.25, 0.3) is 5.69 Å². The van der Waals surface area contributed by atoms with Crippen LogP contribution in [0.1, 0.15) is 37.7 Å². The average Bonchev–Trinajstić information content (AvgIpc) is 2.47. The van der Waals surface area contributed by atoms with Crippen LogP contribution in [0.15, 0.2) is 18.2 Å². The summed E-state index contributed by atoms with van der Waals surface area (Å²) in [6.07, 6.45) is 6.23. The van der Waals surface area contributed by atoms with Crippen LogP contribution in [0.5, 0.6) is 0 Å². The van der Waals surface area contributed by atoms with Crippen molar-refractivity contribution in [3.8, 4) is 0 Å². The molecule has 110 valence electrons. The molecule has 1 saturated carbocycles. The van der Waals surface area contributed by atoms with Crippen LogP contribution < -0.4 is 11.1 Å². The third-order valence-corrected chi connectivity index (χ3v) is 4.25. The summed E-state index contributed by atoms with van der Waals surface area (Å²) in [6, 6.07) is 5.14. The number of nitrogens with one attached hydrogen (secondary N) is 1. The first-order chi connectivity index (χ1) is 9.61. The normalized spacial score (nSPS) is 17.7. The van der Waals surface area contributed by atoms with Gasteiger partial charge in [0.05, 0.1) is 4.92 Å². The van der Waals surface area contributed by atoms with E-state index in [1.165, 1.54) is 32.1 Å². The number of anilines is 1. The largest absolute Gasteiger partial charge is 0.380 e. The molecule has 1 aliphatic rings. The highest BCUT2D eigenvalue weighted by Gasteiger charge is 2.23. The molecule has 0 aromatic heterocycles. The second-order valence-electron chi connectivity index (χ2n) is 5.64. The van der Waals surface area contributed by atoms with E-state index in [4.69, 9.17) is 5.73 Å². The zero-order valence-electron chi connectivity index (χ0n) is 12.0. The molecule has 1 atom stereocenters. The maximum atomic E-state index is 10.9. The van der Waals surface area contributed by atoms with E-state index in [9.17, 15) is 10.1 Å². The van der Waals surface area contributed by atoms with E-state index in [-0.39, 0.29) is 16.7 Å². The van der Waals surface area contributed by atoms with E-state index in [1.807, 2.05) is 6.92 Å². The van der Waals surface area contributed by atoms with Gasteiger partial charge in [-0.3, -0.25) is 10.1 Å². The molecule has 0 amide bonds. The van der Waals surface area contributed by atoms with E-state index >= 15 is 0 Å². The third-order valence-electron chi connectivity index (χ3n) is 4.25. The van der Waals surface area contributed by atoms with Crippen LogP contribution in [0.4, 0.5) is 11.4 Å². The Morgan fingerprint density at radius 3 is 2.70 bits per heavy atom. The Bertz CT molecular complexity index is 470. The van der Waals surface area contributed by atoms with Gasteiger partial charge in [-0.15, -0.1) is 0 Å². The number of nitrogens with two attached hydrogens (primary N) is 1. The molecule has 0 saturated heterocycles. The van der Waals surface area contributed by atoms with Crippen LogP contribution in [0.3, 0.4) is 0 Å². The predicted octanol–water partition coefficient (Wildman–Crippen LogP) is 3.22. The van der Waals surface area contributed by atoms with Gasteiger partial charge in [-0.05, 0) is 31.2 Å². The van der Waals surface area contributed by atoms with Crippen molar-refractivity contribution < 1.29 is 4.92 Å². The Balaban J connectivity index is 2.13. The number of hydrogen-bond donors (Lipinski definition) is 2. The SMILES string of the molecule is Cc1ccc([N+](=O)[O-])cc1NC(CN)C1CCCCC1. The molecule has 3 N–H and O–H groups in total. The van der Waals surface area contributed by atoms with Gasteiger partial charge in [0.1, 0.15) is 0 Å². The molecule has 1 fully saturated rings. The second kappa shape index (κ2) is 6.70. The molecule has 20 heavy (non-hydrogen) atoms. The van der Waals surface area contributed by atoms with Crippen molar-refractivity contribution in [2.45, 2.75) is 45.1 Å². The lowest BCUT2D eigenvalue weighted by molar-refractivity contribution is -0.384. The van der Waals surface area contributed by atoms with Crippen molar-refractivity contribution in [1.29, 1.82) is 0 Å². The molecule has 0 spiro atoms. The third kappa shape index (κ3) is 3.48. The minimum atomic E-state index is -0.358. The standard InChI is InChI=1S/C15H23N3O2/c1-11-7-8-13(18(19)20)9-14(11)17-15(10-16)12-5-3-2-4-6-12/h7-9,12,15,17H,2-6,10,16H2,1H3. The van der Waals surface area contributed by atoms with Crippen molar-refractivity contribution in [2.75, 3.05) is 11.9 Å². The number of nitrogens with zero attached hydrogens (tertiary/aromatic N) is 1. The minimum Gasteiger partial charge on any atom is -0.380 e. The van der Waals surface area contributed by atoms with Crippen molar-refractivity contribution in [3.63, 3.8) is 0 Å². The van der Waals surface area contributed by atoms with Gasteiger partial charge in [-0.2, -0.15) is 0 Å². The number of non-ortho nitro benzene ring substituents is 1. The lowest BCUT2D eigenvalue weighted by Gasteiger charge is -2.31. The molecule has 5 nitrogen and oxygen atoms in total. The molecule has 2 rings (SSSR count). The first-order valence-corrected chi connectivity index (χ1v) is 7.33. The van der Waals surface area contributed by atoms with E-state index in [0.29, 0.717) is 12.5 Å². The lowest BCUT2D eigenvalue weighted by atomic mass is 9.83. The Kier molecular flexibility index (Phi) is 4.95. The quantitative estimate of drug-likeness (QED) is 0.639.